The van der Waals surface area contributed by atoms with E-state index >= 15 is 0 Å². The van der Waals surface area contributed by atoms with Crippen molar-refractivity contribution in [2.75, 3.05) is 19.0 Å². The average molecular weight is 418 g/mol. The van der Waals surface area contributed by atoms with Gasteiger partial charge in [-0.05, 0) is 48.6 Å². The minimum atomic E-state index is -0.271. The summed E-state index contributed by atoms with van der Waals surface area (Å²) < 4.78 is 13.5. The third-order valence-electron chi connectivity index (χ3n) is 6.11. The zero-order valence-corrected chi connectivity index (χ0v) is 18.4. The van der Waals surface area contributed by atoms with Crippen LogP contribution in [0.15, 0.2) is 53.7 Å². The minimum absolute atomic E-state index is 0.0852. The summed E-state index contributed by atoms with van der Waals surface area (Å²) in [6.07, 6.45) is 1.34. The number of carbonyl (C=O) groups is 1. The number of hydrogen-bond acceptors (Lipinski definition) is 5. The van der Waals surface area contributed by atoms with Gasteiger partial charge in [-0.1, -0.05) is 32.0 Å². The first kappa shape index (κ1) is 19.7. The van der Waals surface area contributed by atoms with Crippen LogP contribution in [-0.2, 0) is 4.79 Å². The highest BCUT2D eigenvalue weighted by Crippen LogP contribution is 2.47. The fourth-order valence-corrected chi connectivity index (χ4v) is 4.87. The van der Waals surface area contributed by atoms with E-state index < -0.39 is 0 Å². The predicted octanol–water partition coefficient (Wildman–Crippen LogP) is 5.10. The van der Waals surface area contributed by atoms with E-state index in [1.807, 2.05) is 43.3 Å². The van der Waals surface area contributed by atoms with Crippen molar-refractivity contribution < 1.29 is 14.3 Å². The third-order valence-corrected chi connectivity index (χ3v) is 6.11. The number of nitrogens with one attached hydrogen (secondary N) is 1. The van der Waals surface area contributed by atoms with Crippen molar-refractivity contribution in [1.82, 2.24) is 9.55 Å². The van der Waals surface area contributed by atoms with Gasteiger partial charge in [0.2, 0.25) is 5.95 Å². The van der Waals surface area contributed by atoms with E-state index in [1.54, 1.807) is 7.11 Å². The van der Waals surface area contributed by atoms with Gasteiger partial charge in [-0.2, -0.15) is 0 Å². The van der Waals surface area contributed by atoms with Crippen molar-refractivity contribution in [1.29, 1.82) is 0 Å². The van der Waals surface area contributed by atoms with E-state index in [1.165, 1.54) is 0 Å². The number of Topliss-reactive ketones (excluding diaryl/α,β-unsaturated/α-hetero) is 1. The number of hydrogen-bond donors (Lipinski definition) is 1. The van der Waals surface area contributed by atoms with E-state index in [0.29, 0.717) is 24.5 Å². The number of allylic oxidation sites excluding steroid dienone is 2. The zero-order valence-electron chi connectivity index (χ0n) is 18.4. The van der Waals surface area contributed by atoms with Crippen LogP contribution in [0.3, 0.4) is 0 Å². The Morgan fingerprint density at radius 3 is 2.74 bits per heavy atom. The molecule has 0 spiro atoms. The Kier molecular flexibility index (Phi) is 4.54. The molecule has 6 nitrogen and oxygen atoms in total. The second kappa shape index (κ2) is 7.15. The van der Waals surface area contributed by atoms with Gasteiger partial charge in [0.1, 0.15) is 0 Å². The highest BCUT2D eigenvalue weighted by Gasteiger charge is 2.41. The number of benzene rings is 2. The summed E-state index contributed by atoms with van der Waals surface area (Å²) in [4.78, 5) is 18.3. The first-order valence-corrected chi connectivity index (χ1v) is 10.7. The van der Waals surface area contributed by atoms with Crippen LogP contribution in [0.4, 0.5) is 5.95 Å². The number of methoxy groups -OCH3 is 1. The molecule has 1 atom stereocenters. The van der Waals surface area contributed by atoms with Crippen LogP contribution in [0.2, 0.25) is 0 Å². The molecule has 31 heavy (non-hydrogen) atoms. The number of para-hydroxylation sites is 2. The lowest BCUT2D eigenvalue weighted by Gasteiger charge is -2.39. The number of rotatable bonds is 4. The van der Waals surface area contributed by atoms with E-state index in [9.17, 15) is 4.79 Å². The Balaban J connectivity index is 1.75. The first-order valence-electron chi connectivity index (χ1n) is 10.7. The van der Waals surface area contributed by atoms with Gasteiger partial charge in [0.05, 0.1) is 30.8 Å². The fraction of sp³-hybridized carbons (Fsp3) is 0.360. The van der Waals surface area contributed by atoms with Crippen LogP contribution in [0.25, 0.3) is 11.0 Å². The van der Waals surface area contributed by atoms with Gasteiger partial charge >= 0.3 is 0 Å². The molecule has 1 N–H and O–H groups in total. The van der Waals surface area contributed by atoms with Crippen molar-refractivity contribution in [3.63, 3.8) is 0 Å². The van der Waals surface area contributed by atoms with Crippen LogP contribution in [0.5, 0.6) is 11.5 Å². The van der Waals surface area contributed by atoms with Gasteiger partial charge in [-0.15, -0.1) is 0 Å². The van der Waals surface area contributed by atoms with E-state index in [0.717, 1.165) is 40.2 Å². The molecule has 0 radical (unpaired) electrons. The molecule has 160 valence electrons. The maximum Gasteiger partial charge on any atom is 0.209 e. The van der Waals surface area contributed by atoms with Crippen LogP contribution in [0, 0.1) is 5.41 Å². The Bertz CT molecular complexity index is 1220. The van der Waals surface area contributed by atoms with E-state index in [4.69, 9.17) is 14.5 Å². The lowest BCUT2D eigenvalue weighted by Crippen LogP contribution is -2.36. The van der Waals surface area contributed by atoms with Gasteiger partial charge in [0.15, 0.2) is 17.3 Å². The summed E-state index contributed by atoms with van der Waals surface area (Å²) in [7, 11) is 1.64. The summed E-state index contributed by atoms with van der Waals surface area (Å²) in [6, 6.07) is 13.7. The normalized spacial score (nSPS) is 19.6. The predicted molar refractivity (Wildman–Crippen MR) is 121 cm³/mol. The molecule has 0 unspecified atom stereocenters. The van der Waals surface area contributed by atoms with Gasteiger partial charge in [0, 0.05) is 17.7 Å². The molecule has 1 aromatic heterocycles. The van der Waals surface area contributed by atoms with Crippen molar-refractivity contribution in [3.05, 3.63) is 59.3 Å². The average Bonchev–Trinajstić information content (AvgIpc) is 3.10. The molecule has 2 heterocycles. The molecule has 5 rings (SSSR count). The third kappa shape index (κ3) is 3.17. The second-order valence-corrected chi connectivity index (χ2v) is 9.00. The number of ketones is 1. The number of ether oxygens (including phenoxy) is 2. The minimum Gasteiger partial charge on any atom is -0.493 e. The summed E-state index contributed by atoms with van der Waals surface area (Å²) in [5.41, 5.74) is 4.58. The first-order chi connectivity index (χ1) is 14.9. The Labute approximate surface area is 181 Å². The molecule has 0 bridgehead atoms. The lowest BCUT2D eigenvalue weighted by atomic mass is 9.73. The monoisotopic (exact) mass is 417 g/mol. The molecule has 6 heteroatoms. The number of fused-ring (bicyclic) bond motifs is 3. The summed E-state index contributed by atoms with van der Waals surface area (Å²) >= 11 is 0. The summed E-state index contributed by atoms with van der Waals surface area (Å²) in [5.74, 6) is 2.31. The topological polar surface area (TPSA) is 65.4 Å². The van der Waals surface area contributed by atoms with Crippen LogP contribution in [-0.4, -0.2) is 29.1 Å². The molecule has 0 saturated carbocycles. The van der Waals surface area contributed by atoms with E-state index in [2.05, 4.69) is 29.8 Å². The molecule has 0 fully saturated rings. The molecule has 1 aliphatic carbocycles. The molecular formula is C25H27N3O3. The molecule has 0 amide bonds. The fourth-order valence-electron chi connectivity index (χ4n) is 4.87. The van der Waals surface area contributed by atoms with Gasteiger partial charge in [-0.3, -0.25) is 9.36 Å². The number of nitrogens with zero attached hydrogens (tertiary/aromatic N) is 2. The van der Waals surface area contributed by atoms with Crippen molar-refractivity contribution >= 4 is 22.8 Å². The Morgan fingerprint density at radius 2 is 1.97 bits per heavy atom. The highest BCUT2D eigenvalue weighted by atomic mass is 16.5. The molecule has 3 aromatic rings. The van der Waals surface area contributed by atoms with Crippen LogP contribution in [0.1, 0.15) is 45.2 Å². The van der Waals surface area contributed by atoms with Crippen molar-refractivity contribution in [2.45, 2.75) is 39.7 Å². The van der Waals surface area contributed by atoms with Crippen molar-refractivity contribution in [2.24, 2.45) is 5.41 Å². The maximum atomic E-state index is 13.4. The Morgan fingerprint density at radius 1 is 1.16 bits per heavy atom. The zero-order chi connectivity index (χ0) is 21.8. The molecule has 0 saturated heterocycles. The lowest BCUT2D eigenvalue weighted by molar-refractivity contribution is -0.118. The van der Waals surface area contributed by atoms with Gasteiger partial charge in [0.25, 0.3) is 0 Å². The van der Waals surface area contributed by atoms with Gasteiger partial charge < -0.3 is 14.8 Å². The smallest absolute Gasteiger partial charge is 0.209 e. The molecule has 2 aliphatic rings. The Hall–Kier alpha value is -3.28. The van der Waals surface area contributed by atoms with Gasteiger partial charge in [-0.25, -0.2) is 4.98 Å². The largest absolute Gasteiger partial charge is 0.493 e. The standard InChI is InChI=1S/C25H27N3O3/c1-5-31-20-11-10-15(12-21(20)30-4)23-22-17(13-25(2,3)14-19(22)29)27-24-26-16-8-6-7-9-18(16)28(23)24/h6-12,23H,5,13-14H2,1-4H3,(H,26,27)/t23-/m0/s1. The SMILES string of the molecule is CCOc1ccc([C@H]2C3=C(CC(C)(C)CC3=O)Nc3nc4ccccc4n32)cc1OC. The molecule has 2 aromatic carbocycles. The van der Waals surface area contributed by atoms with Crippen LogP contribution < -0.4 is 14.8 Å². The summed E-state index contributed by atoms with van der Waals surface area (Å²) in [5, 5.41) is 3.49. The summed E-state index contributed by atoms with van der Waals surface area (Å²) in [6.45, 7) is 6.79. The number of aromatic nitrogens is 2. The van der Waals surface area contributed by atoms with E-state index in [-0.39, 0.29) is 17.2 Å². The quantitative estimate of drug-likeness (QED) is 0.640. The highest BCUT2D eigenvalue weighted by molar-refractivity contribution is 6.01. The molecular weight excluding hydrogens is 390 g/mol. The number of anilines is 1. The van der Waals surface area contributed by atoms with Crippen LogP contribution >= 0.6 is 0 Å². The number of imidazole rings is 1. The maximum absolute atomic E-state index is 13.4. The molecule has 1 aliphatic heterocycles. The second-order valence-electron chi connectivity index (χ2n) is 9.00. The van der Waals surface area contributed by atoms with Crippen molar-refractivity contribution in [3.8, 4) is 11.5 Å². The number of carbonyl (C=O) groups excluding carboxylic acids is 1.